The molecule has 1 atom stereocenters. The molecule has 0 saturated heterocycles. The van der Waals surface area contributed by atoms with Gasteiger partial charge >= 0.3 is 0 Å². The second-order valence-corrected chi connectivity index (χ2v) is 15.5. The molecule has 3 aromatic carbocycles. The summed E-state index contributed by atoms with van der Waals surface area (Å²) in [6.07, 6.45) is 1.49. The van der Waals surface area contributed by atoms with Crippen LogP contribution in [0.2, 0.25) is 5.02 Å². The number of nitrogens with zero attached hydrogens (tertiary/aromatic N) is 5. The van der Waals surface area contributed by atoms with Gasteiger partial charge in [0.1, 0.15) is 22.7 Å². The van der Waals surface area contributed by atoms with Gasteiger partial charge in [-0.3, -0.25) is 28.9 Å². The van der Waals surface area contributed by atoms with Gasteiger partial charge in [-0.25, -0.2) is 4.39 Å². The van der Waals surface area contributed by atoms with Crippen molar-refractivity contribution in [2.75, 3.05) is 26.3 Å². The van der Waals surface area contributed by atoms with Gasteiger partial charge in [0, 0.05) is 62.7 Å². The lowest BCUT2D eigenvalue weighted by Gasteiger charge is -2.13. The predicted molar refractivity (Wildman–Crippen MR) is 221 cm³/mol. The number of thiophene rings is 1. The number of hydrogen-bond donors (Lipinski definition) is 4. The molecule has 3 N–H and O–H groups in total. The van der Waals surface area contributed by atoms with Crippen molar-refractivity contribution in [2.24, 2.45) is 4.99 Å². The van der Waals surface area contributed by atoms with E-state index in [-0.39, 0.29) is 62.8 Å². The first kappa shape index (κ1) is 39.7. The Kier molecular flexibility index (Phi) is 12.1. The molecular formula is C41H38ClFN8O4S2. The summed E-state index contributed by atoms with van der Waals surface area (Å²) in [6, 6.07) is 17.7. The number of thiol groups is 1. The Bertz CT molecular complexity index is 2520. The predicted octanol–water partition coefficient (Wildman–Crippen LogP) is 6.66. The summed E-state index contributed by atoms with van der Waals surface area (Å²) in [6.45, 7) is 7.18. The molecule has 4 heterocycles. The number of fused-ring (bicyclic) bond motifs is 4. The third-order valence-electron chi connectivity index (χ3n) is 9.49. The van der Waals surface area contributed by atoms with Crippen molar-refractivity contribution in [3.8, 4) is 5.00 Å². The molecule has 1 aliphatic rings. The van der Waals surface area contributed by atoms with E-state index in [2.05, 4.69) is 57.6 Å². The number of nitrogens with one attached hydrogen (secondary N) is 3. The Morgan fingerprint density at radius 2 is 1.61 bits per heavy atom. The SMILES string of the molecule is Cc1sc2c(c1C)C(c1ccc(Cl)cc1)=N[C@@H](CC(=O)NCCOCCNC(=O)c1cc(S)c3ncc(C(=O)NCc4ccc(F)cc4)cc3c1)c1nnc(C)n1-2. The number of halogens is 2. The van der Waals surface area contributed by atoms with Gasteiger partial charge in [0.05, 0.1) is 36.4 Å². The number of hydrogen-bond acceptors (Lipinski definition) is 10. The summed E-state index contributed by atoms with van der Waals surface area (Å²) in [7, 11) is 0. The highest BCUT2D eigenvalue weighted by molar-refractivity contribution is 7.80. The van der Waals surface area contributed by atoms with Crippen LogP contribution in [0.5, 0.6) is 0 Å². The Morgan fingerprint density at radius 1 is 0.912 bits per heavy atom. The molecule has 12 nitrogen and oxygen atoms in total. The fraction of sp³-hybridized carbons (Fsp3) is 0.244. The third-order valence-corrected chi connectivity index (χ3v) is 11.3. The monoisotopic (exact) mass is 824 g/mol. The zero-order valence-corrected chi connectivity index (χ0v) is 33.7. The van der Waals surface area contributed by atoms with Gasteiger partial charge in [-0.2, -0.15) is 0 Å². The van der Waals surface area contributed by atoms with Crippen LogP contribution >= 0.6 is 35.6 Å². The van der Waals surface area contributed by atoms with Crippen molar-refractivity contribution >= 4 is 69.9 Å². The van der Waals surface area contributed by atoms with E-state index in [0.717, 1.165) is 37.8 Å². The van der Waals surface area contributed by atoms with Crippen LogP contribution in [-0.4, -0.2) is 69.5 Å². The maximum absolute atomic E-state index is 13.3. The largest absolute Gasteiger partial charge is 0.378 e. The van der Waals surface area contributed by atoms with Gasteiger partial charge in [0.25, 0.3) is 11.8 Å². The van der Waals surface area contributed by atoms with Gasteiger partial charge in [0.15, 0.2) is 5.82 Å². The zero-order valence-electron chi connectivity index (χ0n) is 31.2. The molecule has 57 heavy (non-hydrogen) atoms. The lowest BCUT2D eigenvalue weighted by molar-refractivity contribution is -0.121. The summed E-state index contributed by atoms with van der Waals surface area (Å²) in [5.74, 6) is 0.0277. The number of carbonyl (C=O) groups excluding carboxylic acids is 3. The molecule has 0 aliphatic carbocycles. The number of aliphatic imine (C=N–C) groups is 1. The highest BCUT2D eigenvalue weighted by Gasteiger charge is 2.32. The molecular weight excluding hydrogens is 787 g/mol. The standard InChI is InChI=1S/C41H38ClFN8O4S2/c1-22-23(2)57-41-35(22)37(26-6-8-30(42)9-7-26)48-32(38-50-49-24(3)51(38)41)19-34(52)44-12-14-55-15-13-45-39(53)28-16-27-17-29(21-46-36(27)33(56)18-28)40(54)47-20-25-4-10-31(43)11-5-25/h4-11,16-18,21,32,56H,12-15,19-20H2,1-3H3,(H,44,52)(H,45,53)(H,47,54)/t32-/m0/s1. The zero-order chi connectivity index (χ0) is 40.2. The average Bonchev–Trinajstić information content (AvgIpc) is 3.68. The number of pyridine rings is 1. The highest BCUT2D eigenvalue weighted by atomic mass is 35.5. The molecule has 3 amide bonds. The van der Waals surface area contributed by atoms with E-state index in [4.69, 9.17) is 21.3 Å². The fourth-order valence-corrected chi connectivity index (χ4v) is 8.12. The summed E-state index contributed by atoms with van der Waals surface area (Å²) in [5, 5.41) is 19.5. The third kappa shape index (κ3) is 8.91. The van der Waals surface area contributed by atoms with Crippen LogP contribution in [0, 0.1) is 26.6 Å². The number of aryl methyl sites for hydroxylation is 2. The van der Waals surface area contributed by atoms with E-state index < -0.39 is 6.04 Å². The molecule has 6 aromatic rings. The normalized spacial score (nSPS) is 13.4. The highest BCUT2D eigenvalue weighted by Crippen LogP contribution is 2.39. The van der Waals surface area contributed by atoms with Crippen molar-refractivity contribution in [1.29, 1.82) is 0 Å². The second-order valence-electron chi connectivity index (χ2n) is 13.4. The summed E-state index contributed by atoms with van der Waals surface area (Å²) >= 11 is 12.4. The first-order valence-corrected chi connectivity index (χ1v) is 19.8. The van der Waals surface area contributed by atoms with Crippen molar-refractivity contribution in [1.82, 2.24) is 35.7 Å². The molecule has 0 saturated carbocycles. The van der Waals surface area contributed by atoms with Crippen LogP contribution in [0.4, 0.5) is 4.39 Å². The number of aromatic nitrogens is 4. The quantitative estimate of drug-likeness (QED) is 0.0752. The lowest BCUT2D eigenvalue weighted by Crippen LogP contribution is -2.31. The van der Waals surface area contributed by atoms with E-state index >= 15 is 0 Å². The van der Waals surface area contributed by atoms with E-state index in [9.17, 15) is 18.8 Å². The maximum Gasteiger partial charge on any atom is 0.253 e. The van der Waals surface area contributed by atoms with E-state index in [1.807, 2.05) is 35.8 Å². The van der Waals surface area contributed by atoms with Crippen molar-refractivity contribution in [3.63, 3.8) is 0 Å². The first-order valence-electron chi connectivity index (χ1n) is 18.1. The number of ether oxygens (including phenoxy) is 1. The Balaban J connectivity index is 0.909. The Hall–Kier alpha value is -5.48. The van der Waals surface area contributed by atoms with Crippen molar-refractivity contribution in [2.45, 2.75) is 44.7 Å². The van der Waals surface area contributed by atoms with Gasteiger partial charge in [-0.05, 0) is 74.4 Å². The lowest BCUT2D eigenvalue weighted by atomic mass is 9.99. The van der Waals surface area contributed by atoms with Crippen LogP contribution in [0.3, 0.4) is 0 Å². The molecule has 1 aliphatic heterocycles. The van der Waals surface area contributed by atoms with Crippen LogP contribution < -0.4 is 16.0 Å². The summed E-state index contributed by atoms with van der Waals surface area (Å²) in [5.41, 5.74) is 5.71. The molecule has 0 spiro atoms. The Morgan fingerprint density at radius 3 is 2.37 bits per heavy atom. The molecule has 16 heteroatoms. The van der Waals surface area contributed by atoms with Gasteiger partial charge in [0.2, 0.25) is 5.91 Å². The second kappa shape index (κ2) is 17.3. The minimum Gasteiger partial charge on any atom is -0.378 e. The summed E-state index contributed by atoms with van der Waals surface area (Å²) < 4.78 is 20.9. The average molecular weight is 825 g/mol. The minimum absolute atomic E-state index is 0.0504. The van der Waals surface area contributed by atoms with Crippen LogP contribution in [0.1, 0.15) is 72.0 Å². The van der Waals surface area contributed by atoms with E-state index in [0.29, 0.717) is 43.6 Å². The maximum atomic E-state index is 13.3. The van der Waals surface area contributed by atoms with E-state index in [1.54, 1.807) is 41.7 Å². The molecule has 0 unspecified atom stereocenters. The summed E-state index contributed by atoms with van der Waals surface area (Å²) in [4.78, 5) is 50.3. The molecule has 0 fully saturated rings. The molecule has 0 bridgehead atoms. The minimum atomic E-state index is -0.590. The molecule has 3 aromatic heterocycles. The van der Waals surface area contributed by atoms with Crippen LogP contribution in [-0.2, 0) is 16.1 Å². The number of carbonyl (C=O) groups is 3. The van der Waals surface area contributed by atoms with Gasteiger partial charge < -0.3 is 20.7 Å². The van der Waals surface area contributed by atoms with Crippen molar-refractivity contribution < 1.29 is 23.5 Å². The van der Waals surface area contributed by atoms with Crippen molar-refractivity contribution in [3.05, 3.63) is 134 Å². The topological polar surface area (TPSA) is 152 Å². The van der Waals surface area contributed by atoms with Crippen LogP contribution in [0.15, 0.2) is 82.8 Å². The smallest absolute Gasteiger partial charge is 0.253 e. The molecule has 292 valence electrons. The Labute approximate surface area is 342 Å². The number of benzene rings is 3. The molecule has 0 radical (unpaired) electrons. The number of rotatable bonds is 13. The molecule has 7 rings (SSSR count). The van der Waals surface area contributed by atoms with Gasteiger partial charge in [-0.1, -0.05) is 35.9 Å². The van der Waals surface area contributed by atoms with Crippen LogP contribution in [0.25, 0.3) is 15.9 Å². The first-order chi connectivity index (χ1) is 27.5. The fourth-order valence-electron chi connectivity index (χ4n) is 6.46. The van der Waals surface area contributed by atoms with Gasteiger partial charge in [-0.15, -0.1) is 34.2 Å². The number of amides is 3. The van der Waals surface area contributed by atoms with E-state index in [1.165, 1.54) is 18.3 Å².